The standard InChI is InChI=1S/2C5H11NO.2ClH/c2*1-4-2-6-3-5(4)7;;/h2*4-7H,2-3H2,1H3;2*1H/t2*4-,5-;;/m10../s1. The molecule has 0 unspecified atom stereocenters. The second-order valence-corrected chi connectivity index (χ2v) is 4.41. The van der Waals surface area contributed by atoms with E-state index >= 15 is 0 Å². The lowest BCUT2D eigenvalue weighted by molar-refractivity contribution is 0.156. The maximum atomic E-state index is 8.94. The zero-order valence-corrected chi connectivity index (χ0v) is 11.5. The summed E-state index contributed by atoms with van der Waals surface area (Å²) in [6.45, 7) is 7.60. The van der Waals surface area contributed by atoms with Gasteiger partial charge in [0.1, 0.15) is 0 Å². The predicted octanol–water partition coefficient (Wildman–Crippen LogP) is 0.0168. The van der Waals surface area contributed by atoms with Crippen LogP contribution >= 0.6 is 24.8 Å². The van der Waals surface area contributed by atoms with E-state index in [1.54, 1.807) is 0 Å². The maximum Gasteiger partial charge on any atom is 0.0702 e. The minimum Gasteiger partial charge on any atom is -0.391 e. The number of nitrogens with one attached hydrogen (secondary N) is 2. The number of rotatable bonds is 0. The Hall–Kier alpha value is 0.420. The number of aliphatic hydroxyl groups is 2. The third kappa shape index (κ3) is 6.23. The molecule has 0 saturated carbocycles. The lowest BCUT2D eigenvalue weighted by atomic mass is 10.1. The van der Waals surface area contributed by atoms with E-state index in [0.29, 0.717) is 11.8 Å². The van der Waals surface area contributed by atoms with Gasteiger partial charge in [-0.15, -0.1) is 24.8 Å². The van der Waals surface area contributed by atoms with Crippen LogP contribution in [0.25, 0.3) is 0 Å². The molecule has 100 valence electrons. The van der Waals surface area contributed by atoms with Gasteiger partial charge in [-0.1, -0.05) is 13.8 Å². The van der Waals surface area contributed by atoms with Crippen molar-refractivity contribution in [1.29, 1.82) is 0 Å². The molecule has 0 radical (unpaired) electrons. The van der Waals surface area contributed by atoms with Gasteiger partial charge in [0.2, 0.25) is 0 Å². The van der Waals surface area contributed by atoms with E-state index in [0.717, 1.165) is 26.2 Å². The highest BCUT2D eigenvalue weighted by atomic mass is 35.5. The van der Waals surface area contributed by atoms with Gasteiger partial charge in [-0.25, -0.2) is 0 Å². The molecule has 2 heterocycles. The van der Waals surface area contributed by atoms with Crippen LogP contribution in [0.1, 0.15) is 13.8 Å². The first-order valence-corrected chi connectivity index (χ1v) is 5.38. The Labute approximate surface area is 110 Å². The van der Waals surface area contributed by atoms with E-state index in [9.17, 15) is 0 Å². The Bertz CT molecular complexity index is 141. The van der Waals surface area contributed by atoms with Crippen LogP contribution in [-0.4, -0.2) is 48.6 Å². The minimum atomic E-state index is -0.0972. The SMILES string of the molecule is C[C@@H]1CNC[C@H]1O.C[C@H]1CNC[C@@H]1O.Cl.Cl. The molecular weight excluding hydrogens is 251 g/mol. The lowest BCUT2D eigenvalue weighted by Gasteiger charge is -2.02. The first-order chi connectivity index (χ1) is 6.61. The van der Waals surface area contributed by atoms with Crippen molar-refractivity contribution >= 4 is 24.8 Å². The monoisotopic (exact) mass is 274 g/mol. The fraction of sp³-hybridized carbons (Fsp3) is 1.00. The average molecular weight is 275 g/mol. The minimum absolute atomic E-state index is 0. The molecule has 0 aliphatic carbocycles. The highest BCUT2D eigenvalue weighted by Gasteiger charge is 2.19. The Morgan fingerprint density at radius 1 is 0.750 bits per heavy atom. The molecule has 0 aromatic carbocycles. The molecule has 2 fully saturated rings. The number of hydrogen-bond acceptors (Lipinski definition) is 4. The van der Waals surface area contributed by atoms with Crippen molar-refractivity contribution in [2.24, 2.45) is 11.8 Å². The Kier molecular flexibility index (Phi) is 11.1. The number of hydrogen-bond donors (Lipinski definition) is 4. The molecule has 0 amide bonds. The average Bonchev–Trinajstić information content (AvgIpc) is 2.67. The van der Waals surface area contributed by atoms with Crippen LogP contribution in [0.2, 0.25) is 0 Å². The summed E-state index contributed by atoms with van der Waals surface area (Å²) in [6.07, 6.45) is -0.194. The van der Waals surface area contributed by atoms with E-state index in [2.05, 4.69) is 10.6 Å². The van der Waals surface area contributed by atoms with Crippen molar-refractivity contribution in [2.45, 2.75) is 26.1 Å². The van der Waals surface area contributed by atoms with E-state index in [1.165, 1.54) is 0 Å². The number of β-amino-alcohol motifs (C(OH)–C–C–N with tert-alkyl or cyclic N) is 2. The van der Waals surface area contributed by atoms with Gasteiger partial charge in [0.05, 0.1) is 12.2 Å². The summed E-state index contributed by atoms with van der Waals surface area (Å²) in [4.78, 5) is 0. The van der Waals surface area contributed by atoms with Crippen LogP contribution in [0.3, 0.4) is 0 Å². The van der Waals surface area contributed by atoms with Gasteiger partial charge < -0.3 is 20.8 Å². The molecule has 2 aliphatic rings. The third-order valence-corrected chi connectivity index (χ3v) is 2.95. The molecule has 2 rings (SSSR count). The predicted molar refractivity (Wildman–Crippen MR) is 70.6 cm³/mol. The summed E-state index contributed by atoms with van der Waals surface area (Å²) < 4.78 is 0. The highest BCUT2D eigenvalue weighted by Crippen LogP contribution is 2.05. The van der Waals surface area contributed by atoms with Gasteiger partial charge in [-0.2, -0.15) is 0 Å². The van der Waals surface area contributed by atoms with E-state index < -0.39 is 0 Å². The number of halogens is 2. The molecule has 4 N–H and O–H groups in total. The molecule has 0 aromatic rings. The quantitative estimate of drug-likeness (QED) is 0.503. The van der Waals surface area contributed by atoms with E-state index in [4.69, 9.17) is 10.2 Å². The smallest absolute Gasteiger partial charge is 0.0702 e. The molecular formula is C10H24Cl2N2O2. The van der Waals surface area contributed by atoms with Crippen LogP contribution in [-0.2, 0) is 0 Å². The van der Waals surface area contributed by atoms with Gasteiger partial charge in [0, 0.05) is 26.2 Å². The molecule has 0 spiro atoms. The maximum absolute atomic E-state index is 8.94. The zero-order chi connectivity index (χ0) is 10.6. The van der Waals surface area contributed by atoms with Crippen molar-refractivity contribution in [3.8, 4) is 0 Å². The van der Waals surface area contributed by atoms with E-state index in [-0.39, 0.29) is 37.0 Å². The molecule has 4 nitrogen and oxygen atoms in total. The van der Waals surface area contributed by atoms with Gasteiger partial charge in [-0.05, 0) is 11.8 Å². The summed E-state index contributed by atoms with van der Waals surface area (Å²) >= 11 is 0. The van der Waals surface area contributed by atoms with Gasteiger partial charge in [-0.3, -0.25) is 0 Å². The van der Waals surface area contributed by atoms with Crippen LogP contribution in [0.5, 0.6) is 0 Å². The van der Waals surface area contributed by atoms with Crippen LogP contribution in [0.4, 0.5) is 0 Å². The summed E-state index contributed by atoms with van der Waals surface area (Å²) in [5, 5.41) is 24.0. The second kappa shape index (κ2) is 9.45. The van der Waals surface area contributed by atoms with Crippen molar-refractivity contribution in [3.63, 3.8) is 0 Å². The fourth-order valence-electron chi connectivity index (χ4n) is 1.59. The summed E-state index contributed by atoms with van der Waals surface area (Å²) in [5.41, 5.74) is 0. The normalized spacial score (nSPS) is 36.8. The Morgan fingerprint density at radius 3 is 1.12 bits per heavy atom. The first kappa shape index (κ1) is 18.8. The molecule has 16 heavy (non-hydrogen) atoms. The van der Waals surface area contributed by atoms with Crippen LogP contribution in [0.15, 0.2) is 0 Å². The lowest BCUT2D eigenvalue weighted by Crippen LogP contribution is -2.14. The highest BCUT2D eigenvalue weighted by molar-refractivity contribution is 5.85. The van der Waals surface area contributed by atoms with Crippen molar-refractivity contribution in [3.05, 3.63) is 0 Å². The number of aliphatic hydroxyl groups excluding tert-OH is 2. The van der Waals surface area contributed by atoms with Gasteiger partial charge >= 0.3 is 0 Å². The van der Waals surface area contributed by atoms with Crippen molar-refractivity contribution < 1.29 is 10.2 Å². The van der Waals surface area contributed by atoms with Crippen molar-refractivity contribution in [1.82, 2.24) is 10.6 Å². The van der Waals surface area contributed by atoms with E-state index in [1.807, 2.05) is 13.8 Å². The molecule has 4 atom stereocenters. The summed E-state index contributed by atoms with van der Waals surface area (Å²) in [5.74, 6) is 0.917. The Balaban J connectivity index is 0. The van der Waals surface area contributed by atoms with Gasteiger partial charge in [0.25, 0.3) is 0 Å². The summed E-state index contributed by atoms with van der Waals surface area (Å²) in [7, 11) is 0. The zero-order valence-electron chi connectivity index (χ0n) is 9.85. The molecule has 6 heteroatoms. The molecule has 2 aliphatic heterocycles. The first-order valence-electron chi connectivity index (χ1n) is 5.38. The summed E-state index contributed by atoms with van der Waals surface area (Å²) in [6, 6.07) is 0. The second-order valence-electron chi connectivity index (χ2n) is 4.41. The Morgan fingerprint density at radius 2 is 1.06 bits per heavy atom. The van der Waals surface area contributed by atoms with Crippen LogP contribution in [0, 0.1) is 11.8 Å². The molecule has 2 saturated heterocycles. The largest absolute Gasteiger partial charge is 0.391 e. The third-order valence-electron chi connectivity index (χ3n) is 2.95. The van der Waals surface area contributed by atoms with Crippen LogP contribution < -0.4 is 10.6 Å². The molecule has 0 bridgehead atoms. The topological polar surface area (TPSA) is 64.5 Å². The van der Waals surface area contributed by atoms with Crippen molar-refractivity contribution in [2.75, 3.05) is 26.2 Å². The fourth-order valence-corrected chi connectivity index (χ4v) is 1.59. The molecule has 0 aromatic heterocycles. The van der Waals surface area contributed by atoms with Gasteiger partial charge in [0.15, 0.2) is 0 Å².